The molecule has 4 atom stereocenters. The van der Waals surface area contributed by atoms with Crippen LogP contribution in [-0.4, -0.2) is 94.0 Å². The van der Waals surface area contributed by atoms with Crippen LogP contribution in [0.15, 0.2) is 12.1 Å². The number of nitrogens with zero attached hydrogens (tertiary/aromatic N) is 1. The van der Waals surface area contributed by atoms with E-state index in [1.54, 1.807) is 0 Å². The number of nitrogens with one attached hydrogen (secondary N) is 1. The lowest BCUT2D eigenvalue weighted by atomic mass is 9.86. The number of hydrogen-bond donors (Lipinski definition) is 6. The van der Waals surface area contributed by atoms with Gasteiger partial charge in [-0.15, -0.1) is 0 Å². The number of aliphatic hydroxyl groups excluding tert-OH is 3. The van der Waals surface area contributed by atoms with E-state index in [1.165, 1.54) is 42.9 Å². The molecule has 0 spiro atoms. The van der Waals surface area contributed by atoms with Crippen molar-refractivity contribution >= 4 is 12.4 Å². The van der Waals surface area contributed by atoms with Gasteiger partial charge in [0.15, 0.2) is 6.10 Å². The van der Waals surface area contributed by atoms with Crippen LogP contribution in [0.4, 0.5) is 0 Å². The Morgan fingerprint density at radius 1 is 1.23 bits per heavy atom. The van der Waals surface area contributed by atoms with E-state index in [0.29, 0.717) is 18.7 Å². The highest BCUT2D eigenvalue weighted by atomic mass is 16.5. The highest BCUT2D eigenvalue weighted by molar-refractivity contribution is 5.72. The summed E-state index contributed by atoms with van der Waals surface area (Å²) in [7, 11) is 0. The maximum absolute atomic E-state index is 9.73. The Morgan fingerprint density at radius 3 is 2.49 bits per heavy atom. The van der Waals surface area contributed by atoms with Gasteiger partial charge in [0.2, 0.25) is 0 Å². The van der Waals surface area contributed by atoms with Gasteiger partial charge in [-0.25, -0.2) is 4.79 Å². The van der Waals surface area contributed by atoms with Gasteiger partial charge in [-0.3, -0.25) is 9.69 Å². The second-order valence-corrected chi connectivity index (χ2v) is 8.85. The van der Waals surface area contributed by atoms with Crippen LogP contribution >= 0.6 is 0 Å². The zero-order valence-electron chi connectivity index (χ0n) is 21.0. The monoisotopic (exact) mass is 498 g/mol. The zero-order valence-corrected chi connectivity index (χ0v) is 21.0. The smallest absolute Gasteiger partial charge is 0.335 e. The molecule has 2 aliphatic heterocycles. The molecule has 3 rings (SSSR count). The third kappa shape index (κ3) is 9.73. The number of carboxylic acids is 1. The van der Waals surface area contributed by atoms with Gasteiger partial charge in [-0.1, -0.05) is 6.07 Å². The fourth-order valence-electron chi connectivity index (χ4n) is 4.44. The Bertz CT molecular complexity index is 772. The minimum Gasteiger partial charge on any atom is -0.493 e. The van der Waals surface area contributed by atoms with Crippen LogP contribution in [0.25, 0.3) is 0 Å². The van der Waals surface area contributed by atoms with Crippen LogP contribution in [0.3, 0.4) is 0 Å². The average Bonchev–Trinajstić information content (AvgIpc) is 2.84. The molecule has 6 N–H and O–H groups in total. The lowest BCUT2D eigenvalue weighted by molar-refractivity contribution is -0.152. The Labute approximate surface area is 207 Å². The molecule has 1 aromatic carbocycles. The van der Waals surface area contributed by atoms with Gasteiger partial charge in [-0.2, -0.15) is 0 Å². The maximum Gasteiger partial charge on any atom is 0.335 e. The van der Waals surface area contributed by atoms with Crippen LogP contribution in [-0.2, 0) is 9.59 Å². The van der Waals surface area contributed by atoms with Gasteiger partial charge in [0.25, 0.3) is 6.47 Å². The number of benzene rings is 1. The number of unbranched alkanes of at least 4 members (excludes halogenated alkanes) is 1. The number of piperidine rings is 1. The number of carbonyl (C=O) groups is 2. The summed E-state index contributed by atoms with van der Waals surface area (Å²) in [5, 5.41) is 44.0. The number of rotatable bonds is 8. The van der Waals surface area contributed by atoms with Gasteiger partial charge in [0, 0.05) is 38.3 Å². The third-order valence-electron chi connectivity index (χ3n) is 6.47. The van der Waals surface area contributed by atoms with E-state index in [4.69, 9.17) is 35.1 Å². The largest absolute Gasteiger partial charge is 0.493 e. The maximum atomic E-state index is 9.73. The molecule has 0 bridgehead atoms. The number of piperazine rings is 1. The van der Waals surface area contributed by atoms with E-state index < -0.39 is 18.2 Å². The molecule has 0 aliphatic carbocycles. The molecule has 10 nitrogen and oxygen atoms in total. The first-order valence-electron chi connectivity index (χ1n) is 12.2. The molecule has 1 aromatic rings. The van der Waals surface area contributed by atoms with Crippen LogP contribution in [0.1, 0.15) is 61.8 Å². The SMILES string of the molecule is CC(O)C(O)C(=O)O.Cc1c(OCCCCO)ccc(C2CCCC3CNCCN32)c1C.O=CO. The summed E-state index contributed by atoms with van der Waals surface area (Å²) in [4.78, 5) is 20.8. The van der Waals surface area contributed by atoms with Gasteiger partial charge in [0.05, 0.1) is 12.7 Å². The molecule has 0 aromatic heterocycles. The van der Waals surface area contributed by atoms with Crippen LogP contribution in [0, 0.1) is 13.8 Å². The van der Waals surface area contributed by atoms with Crippen molar-refractivity contribution in [1.82, 2.24) is 10.2 Å². The zero-order chi connectivity index (χ0) is 26.4. The summed E-state index contributed by atoms with van der Waals surface area (Å²) in [6.07, 6.45) is 2.78. The van der Waals surface area contributed by atoms with Crippen molar-refractivity contribution in [3.8, 4) is 5.75 Å². The summed E-state index contributed by atoms with van der Waals surface area (Å²) < 4.78 is 5.93. The first-order valence-corrected chi connectivity index (χ1v) is 12.2. The lowest BCUT2D eigenvalue weighted by Crippen LogP contribution is -2.54. The molecule has 35 heavy (non-hydrogen) atoms. The first-order chi connectivity index (χ1) is 16.7. The molecule has 0 radical (unpaired) electrons. The molecule has 0 amide bonds. The van der Waals surface area contributed by atoms with Gasteiger partial charge in [0.1, 0.15) is 5.75 Å². The van der Waals surface area contributed by atoms with Crippen molar-refractivity contribution in [3.05, 3.63) is 28.8 Å². The van der Waals surface area contributed by atoms with Gasteiger partial charge < -0.3 is 35.6 Å². The highest BCUT2D eigenvalue weighted by Gasteiger charge is 2.34. The normalized spacial score (nSPS) is 21.2. The van der Waals surface area contributed by atoms with E-state index in [1.807, 2.05) is 0 Å². The molecule has 10 heteroatoms. The van der Waals surface area contributed by atoms with Crippen molar-refractivity contribution in [1.29, 1.82) is 0 Å². The summed E-state index contributed by atoms with van der Waals surface area (Å²) in [6, 6.07) is 5.71. The Morgan fingerprint density at radius 2 is 1.91 bits per heavy atom. The number of hydrogen-bond acceptors (Lipinski definition) is 8. The van der Waals surface area contributed by atoms with Crippen molar-refractivity contribution in [2.75, 3.05) is 32.8 Å². The number of ether oxygens (including phenoxy) is 1. The van der Waals surface area contributed by atoms with Crippen LogP contribution < -0.4 is 10.1 Å². The fraction of sp³-hybridized carbons (Fsp3) is 0.680. The van der Waals surface area contributed by atoms with Crippen molar-refractivity contribution < 1.29 is 39.9 Å². The van der Waals surface area contributed by atoms with E-state index in [-0.39, 0.29) is 13.1 Å². The molecule has 2 heterocycles. The van der Waals surface area contributed by atoms with Gasteiger partial charge in [-0.05, 0) is 75.6 Å². The molecule has 0 saturated carbocycles. The highest BCUT2D eigenvalue weighted by Crippen LogP contribution is 2.38. The molecule has 2 saturated heterocycles. The minimum atomic E-state index is -1.66. The first kappa shape index (κ1) is 30.8. The molecule has 200 valence electrons. The Hall–Kier alpha value is -2.24. The molecule has 4 unspecified atom stereocenters. The summed E-state index contributed by atoms with van der Waals surface area (Å²) in [6.45, 7) is 9.72. The number of aliphatic carboxylic acids is 1. The Balaban J connectivity index is 0.000000470. The second kappa shape index (κ2) is 16.4. The van der Waals surface area contributed by atoms with Gasteiger partial charge >= 0.3 is 5.97 Å². The number of aliphatic hydroxyl groups is 3. The molecule has 2 aliphatic rings. The number of fused-ring (bicyclic) bond motifs is 1. The average molecular weight is 499 g/mol. The standard InChI is InChI=1S/C20H32N2O2.C4H8O4.CH2O2/c1-15-16(2)20(24-13-4-3-12-23)9-8-18(15)19-7-5-6-17-14-21-10-11-22(17)19;1-2(5)3(6)4(7)8;2-1-3/h8-9,17,19,21,23H,3-7,10-14H2,1-2H3;2-3,5-6H,1H3,(H,7,8);1H,(H,2,3). The van der Waals surface area contributed by atoms with Crippen LogP contribution in [0.2, 0.25) is 0 Å². The predicted octanol–water partition coefficient (Wildman–Crippen LogP) is 1.47. The van der Waals surface area contributed by atoms with E-state index in [0.717, 1.165) is 38.2 Å². The fourth-order valence-corrected chi connectivity index (χ4v) is 4.44. The van der Waals surface area contributed by atoms with Crippen molar-refractivity contribution in [3.63, 3.8) is 0 Å². The molecular formula is C25H42N2O8. The Kier molecular flexibility index (Phi) is 14.5. The lowest BCUT2D eigenvalue weighted by Gasteiger charge is -2.46. The topological polar surface area (TPSA) is 160 Å². The van der Waals surface area contributed by atoms with E-state index in [2.05, 4.69) is 36.2 Å². The third-order valence-corrected chi connectivity index (χ3v) is 6.47. The molecule has 2 fully saturated rings. The van der Waals surface area contributed by atoms with Crippen LogP contribution in [0.5, 0.6) is 5.75 Å². The summed E-state index contributed by atoms with van der Waals surface area (Å²) in [5.41, 5.74) is 4.15. The van der Waals surface area contributed by atoms with Crippen molar-refractivity contribution in [2.45, 2.75) is 77.2 Å². The quantitative estimate of drug-likeness (QED) is 0.229. The minimum absolute atomic E-state index is 0.244. The summed E-state index contributed by atoms with van der Waals surface area (Å²) >= 11 is 0. The summed E-state index contributed by atoms with van der Waals surface area (Å²) in [5.74, 6) is -0.401. The predicted molar refractivity (Wildman–Crippen MR) is 132 cm³/mol. The van der Waals surface area contributed by atoms with E-state index >= 15 is 0 Å². The second-order valence-electron chi connectivity index (χ2n) is 8.85. The van der Waals surface area contributed by atoms with Crippen molar-refractivity contribution in [2.24, 2.45) is 0 Å². The van der Waals surface area contributed by atoms with E-state index in [9.17, 15) is 4.79 Å². The number of carboxylic acid groups (broad SMARTS) is 2. The molecular weight excluding hydrogens is 456 g/mol.